The Morgan fingerprint density at radius 3 is 2.64 bits per heavy atom. The number of hydrogen-bond acceptors (Lipinski definition) is 3. The molecule has 0 unspecified atom stereocenters. The summed E-state index contributed by atoms with van der Waals surface area (Å²) in [6, 6.07) is 23.1. The number of rotatable bonds is 4. The standard InChI is InChI=1S/C23H21N3O.ClH/c27-22-12-18-3-1-2-4-19(18)23(22)24-13-15-5-7-16(8-6-15)17-9-10-20-21(11-17)26-14-25-20;/h1-11,14,22-24,27H,12-13H2,(H,25,26);1H/t22-,23-;/m1./s1. The van der Waals surface area contributed by atoms with E-state index in [4.69, 9.17) is 0 Å². The summed E-state index contributed by atoms with van der Waals surface area (Å²) in [4.78, 5) is 7.43. The number of halogens is 1. The lowest BCUT2D eigenvalue weighted by atomic mass is 10.0. The van der Waals surface area contributed by atoms with E-state index in [1.54, 1.807) is 6.33 Å². The van der Waals surface area contributed by atoms with Gasteiger partial charge in [-0.3, -0.25) is 0 Å². The maximum Gasteiger partial charge on any atom is 0.0931 e. The minimum absolute atomic E-state index is 0. The van der Waals surface area contributed by atoms with Gasteiger partial charge in [-0.2, -0.15) is 0 Å². The normalized spacial score (nSPS) is 18.0. The van der Waals surface area contributed by atoms with Crippen LogP contribution in [0.4, 0.5) is 0 Å². The Morgan fingerprint density at radius 2 is 1.79 bits per heavy atom. The lowest BCUT2D eigenvalue weighted by Gasteiger charge is -2.18. The van der Waals surface area contributed by atoms with Gasteiger partial charge in [-0.05, 0) is 39.9 Å². The molecule has 2 atom stereocenters. The van der Waals surface area contributed by atoms with Crippen molar-refractivity contribution in [2.75, 3.05) is 0 Å². The molecule has 5 heteroatoms. The third kappa shape index (κ3) is 3.42. The molecular weight excluding hydrogens is 370 g/mol. The van der Waals surface area contributed by atoms with Gasteiger partial charge in [0.15, 0.2) is 0 Å². The number of aromatic amines is 1. The summed E-state index contributed by atoms with van der Waals surface area (Å²) in [5.41, 5.74) is 8.05. The first-order valence-electron chi connectivity index (χ1n) is 9.30. The van der Waals surface area contributed by atoms with Gasteiger partial charge in [0.1, 0.15) is 0 Å². The molecule has 0 amide bonds. The van der Waals surface area contributed by atoms with Gasteiger partial charge in [0.2, 0.25) is 0 Å². The van der Waals surface area contributed by atoms with Gasteiger partial charge in [-0.15, -0.1) is 12.4 Å². The van der Waals surface area contributed by atoms with Gasteiger partial charge < -0.3 is 15.4 Å². The van der Waals surface area contributed by atoms with E-state index in [1.807, 2.05) is 18.2 Å². The van der Waals surface area contributed by atoms with Gasteiger partial charge >= 0.3 is 0 Å². The van der Waals surface area contributed by atoms with Crippen molar-refractivity contribution in [2.45, 2.75) is 25.1 Å². The fourth-order valence-corrected chi connectivity index (χ4v) is 3.98. The SMILES string of the molecule is Cl.O[C@@H]1Cc2ccccc2[C@H]1NCc1ccc(-c2ccc3nc[nH]c3c2)cc1. The van der Waals surface area contributed by atoms with E-state index in [0.29, 0.717) is 0 Å². The molecule has 0 aliphatic heterocycles. The van der Waals surface area contributed by atoms with Crippen LogP contribution in [0.3, 0.4) is 0 Å². The van der Waals surface area contributed by atoms with Gasteiger partial charge in [0.05, 0.1) is 29.5 Å². The number of H-pyrrole nitrogens is 1. The molecule has 142 valence electrons. The topological polar surface area (TPSA) is 60.9 Å². The van der Waals surface area contributed by atoms with Gasteiger partial charge in [-0.1, -0.05) is 54.6 Å². The van der Waals surface area contributed by atoms with Crippen molar-refractivity contribution in [3.8, 4) is 11.1 Å². The Labute approximate surface area is 170 Å². The molecule has 0 saturated heterocycles. The van der Waals surface area contributed by atoms with Crippen LogP contribution < -0.4 is 5.32 Å². The van der Waals surface area contributed by atoms with Crippen molar-refractivity contribution in [2.24, 2.45) is 0 Å². The van der Waals surface area contributed by atoms with E-state index >= 15 is 0 Å². The van der Waals surface area contributed by atoms with Crippen LogP contribution in [-0.2, 0) is 13.0 Å². The van der Waals surface area contributed by atoms with Crippen molar-refractivity contribution in [3.63, 3.8) is 0 Å². The molecule has 4 nitrogen and oxygen atoms in total. The highest BCUT2D eigenvalue weighted by atomic mass is 35.5. The van der Waals surface area contributed by atoms with Crippen LogP contribution in [0.1, 0.15) is 22.7 Å². The van der Waals surface area contributed by atoms with E-state index in [2.05, 4.69) is 63.8 Å². The number of benzene rings is 3. The molecule has 28 heavy (non-hydrogen) atoms. The van der Waals surface area contributed by atoms with Crippen molar-refractivity contribution >= 4 is 23.4 Å². The molecule has 3 N–H and O–H groups in total. The van der Waals surface area contributed by atoms with Crippen LogP contribution in [0, 0.1) is 0 Å². The van der Waals surface area contributed by atoms with E-state index in [9.17, 15) is 5.11 Å². The fraction of sp³-hybridized carbons (Fsp3) is 0.174. The minimum Gasteiger partial charge on any atom is -0.391 e. The average molecular weight is 392 g/mol. The maximum absolute atomic E-state index is 10.4. The van der Waals surface area contributed by atoms with Crippen molar-refractivity contribution in [1.82, 2.24) is 15.3 Å². The Hall–Kier alpha value is -2.66. The van der Waals surface area contributed by atoms with E-state index in [1.165, 1.54) is 27.8 Å². The number of imidazole rings is 1. The number of nitrogens with zero attached hydrogens (tertiary/aromatic N) is 1. The predicted molar refractivity (Wildman–Crippen MR) is 115 cm³/mol. The largest absolute Gasteiger partial charge is 0.391 e. The van der Waals surface area contributed by atoms with Gasteiger partial charge in [0.25, 0.3) is 0 Å². The van der Waals surface area contributed by atoms with Crippen LogP contribution >= 0.6 is 12.4 Å². The van der Waals surface area contributed by atoms with E-state index in [0.717, 1.165) is 24.0 Å². The monoisotopic (exact) mass is 391 g/mol. The zero-order valence-corrected chi connectivity index (χ0v) is 16.1. The first-order valence-corrected chi connectivity index (χ1v) is 9.30. The summed E-state index contributed by atoms with van der Waals surface area (Å²) >= 11 is 0. The van der Waals surface area contributed by atoms with E-state index < -0.39 is 0 Å². The summed E-state index contributed by atoms with van der Waals surface area (Å²) in [7, 11) is 0. The number of aromatic nitrogens is 2. The molecule has 0 fully saturated rings. The summed E-state index contributed by atoms with van der Waals surface area (Å²) < 4.78 is 0. The molecule has 0 radical (unpaired) electrons. The van der Waals surface area contributed by atoms with Crippen LogP contribution in [0.15, 0.2) is 73.1 Å². The third-order valence-electron chi connectivity index (χ3n) is 5.44. The van der Waals surface area contributed by atoms with E-state index in [-0.39, 0.29) is 24.6 Å². The van der Waals surface area contributed by atoms with Crippen LogP contribution in [0.25, 0.3) is 22.2 Å². The molecule has 0 bridgehead atoms. The lowest BCUT2D eigenvalue weighted by Crippen LogP contribution is -2.28. The van der Waals surface area contributed by atoms with Crippen molar-refractivity contribution in [3.05, 3.63) is 89.7 Å². The maximum atomic E-state index is 10.4. The second kappa shape index (κ2) is 7.76. The van der Waals surface area contributed by atoms with Crippen LogP contribution in [0.5, 0.6) is 0 Å². The lowest BCUT2D eigenvalue weighted by molar-refractivity contribution is 0.140. The van der Waals surface area contributed by atoms with Crippen molar-refractivity contribution < 1.29 is 5.11 Å². The first-order chi connectivity index (χ1) is 13.3. The molecule has 1 aliphatic rings. The van der Waals surface area contributed by atoms with Gasteiger partial charge in [-0.25, -0.2) is 4.98 Å². The highest BCUT2D eigenvalue weighted by Gasteiger charge is 2.29. The molecule has 0 spiro atoms. The number of aliphatic hydroxyl groups is 1. The quantitative estimate of drug-likeness (QED) is 0.483. The van der Waals surface area contributed by atoms with Crippen LogP contribution in [0.2, 0.25) is 0 Å². The summed E-state index contributed by atoms with van der Waals surface area (Å²) in [5, 5.41) is 13.9. The highest BCUT2D eigenvalue weighted by Crippen LogP contribution is 2.31. The summed E-state index contributed by atoms with van der Waals surface area (Å²) in [6.45, 7) is 0.732. The summed E-state index contributed by atoms with van der Waals surface area (Å²) in [5.74, 6) is 0. The molecular formula is C23H22ClN3O. The molecule has 4 aromatic rings. The Balaban J connectivity index is 0.00000192. The first kappa shape index (κ1) is 18.7. The highest BCUT2D eigenvalue weighted by molar-refractivity contribution is 5.85. The number of hydrogen-bond donors (Lipinski definition) is 3. The number of nitrogens with one attached hydrogen (secondary N) is 2. The van der Waals surface area contributed by atoms with Gasteiger partial charge in [0, 0.05) is 13.0 Å². The molecule has 1 aliphatic carbocycles. The van der Waals surface area contributed by atoms with Crippen molar-refractivity contribution in [1.29, 1.82) is 0 Å². The minimum atomic E-state index is -0.359. The predicted octanol–water partition coefficient (Wildman–Crippen LogP) is 4.40. The Bertz CT molecular complexity index is 1090. The zero-order valence-electron chi connectivity index (χ0n) is 15.3. The Kier molecular flexibility index (Phi) is 5.18. The number of aliphatic hydroxyl groups excluding tert-OH is 1. The molecule has 1 heterocycles. The number of fused-ring (bicyclic) bond motifs is 2. The summed E-state index contributed by atoms with van der Waals surface area (Å²) in [6.07, 6.45) is 2.09. The second-order valence-electron chi connectivity index (χ2n) is 7.16. The fourth-order valence-electron chi connectivity index (χ4n) is 3.98. The second-order valence-corrected chi connectivity index (χ2v) is 7.16. The smallest absolute Gasteiger partial charge is 0.0931 e. The molecule has 0 saturated carbocycles. The molecule has 5 rings (SSSR count). The average Bonchev–Trinajstić information content (AvgIpc) is 3.29. The Morgan fingerprint density at radius 1 is 1.00 bits per heavy atom. The molecule has 3 aromatic carbocycles. The zero-order chi connectivity index (χ0) is 18.2. The van der Waals surface area contributed by atoms with Crippen LogP contribution in [-0.4, -0.2) is 21.2 Å². The molecule has 1 aromatic heterocycles. The third-order valence-corrected chi connectivity index (χ3v) is 5.44.